The van der Waals surface area contributed by atoms with E-state index in [1.165, 1.54) is 0 Å². The van der Waals surface area contributed by atoms with Gasteiger partial charge in [0, 0.05) is 0 Å². The summed E-state index contributed by atoms with van der Waals surface area (Å²) in [6.45, 7) is 0. The standard InChI is InChI=1S/C2O6.2Nd/c3-1(4,5)2(6,7)8;;/q-6;2*+3. The molecule has 0 saturated heterocycles. The fourth-order valence-corrected chi connectivity index (χ4v) is 0. The van der Waals surface area contributed by atoms with Gasteiger partial charge in [-0.25, -0.2) is 0 Å². The van der Waals surface area contributed by atoms with E-state index in [1.54, 1.807) is 0 Å². The largest absolute Gasteiger partial charge is 3.00 e. The molecule has 0 aliphatic carbocycles. The van der Waals surface area contributed by atoms with E-state index < -0.39 is 11.9 Å². The molecule has 8 heteroatoms. The van der Waals surface area contributed by atoms with Gasteiger partial charge in [-0.15, -0.1) is 0 Å². The minimum atomic E-state index is -4.98. The third kappa shape index (κ3) is 7.13. The minimum absolute atomic E-state index is 0. The van der Waals surface area contributed by atoms with Crippen molar-refractivity contribution in [2.24, 2.45) is 0 Å². The van der Waals surface area contributed by atoms with Crippen LogP contribution in [0.2, 0.25) is 0 Å². The van der Waals surface area contributed by atoms with Gasteiger partial charge in [0.15, 0.2) is 0 Å². The second-order valence-corrected chi connectivity index (χ2v) is 1.11. The molecule has 0 spiro atoms. The summed E-state index contributed by atoms with van der Waals surface area (Å²) in [5, 5.41) is 54.5. The zero-order valence-corrected chi connectivity index (χ0v) is 10.9. The van der Waals surface area contributed by atoms with Gasteiger partial charge in [0.05, 0.1) is 0 Å². The normalized spacial score (nSPS) is 11.4. The van der Waals surface area contributed by atoms with Crippen molar-refractivity contribution >= 4 is 0 Å². The van der Waals surface area contributed by atoms with Gasteiger partial charge < -0.3 is 42.6 Å². The first-order valence-corrected chi connectivity index (χ1v) is 1.47. The molecule has 0 aliphatic heterocycles. The van der Waals surface area contributed by atoms with Gasteiger partial charge in [-0.3, -0.25) is 0 Å². The topological polar surface area (TPSA) is 138 Å². The van der Waals surface area contributed by atoms with Crippen LogP contribution in [-0.4, -0.2) is 11.9 Å². The second-order valence-electron chi connectivity index (χ2n) is 1.11. The van der Waals surface area contributed by atoms with Crippen LogP contribution >= 0.6 is 0 Å². The first kappa shape index (κ1) is 18.3. The van der Waals surface area contributed by atoms with E-state index >= 15 is 0 Å². The van der Waals surface area contributed by atoms with E-state index in [-0.39, 0.29) is 81.7 Å². The van der Waals surface area contributed by atoms with Crippen LogP contribution in [0, 0.1) is 81.7 Å². The maximum Gasteiger partial charge on any atom is 3.00 e. The van der Waals surface area contributed by atoms with E-state index in [9.17, 15) is 0 Å². The van der Waals surface area contributed by atoms with Crippen molar-refractivity contribution in [1.82, 2.24) is 0 Å². The molecule has 0 unspecified atom stereocenters. The van der Waals surface area contributed by atoms with E-state index in [1.807, 2.05) is 0 Å². The Kier molecular flexibility index (Phi) is 11.0. The van der Waals surface area contributed by atoms with Gasteiger partial charge >= 0.3 is 81.7 Å². The molecule has 0 heterocycles. The van der Waals surface area contributed by atoms with Crippen molar-refractivity contribution < 1.29 is 112 Å². The molecule has 0 bridgehead atoms. The third-order valence-corrected chi connectivity index (χ3v) is 0.375. The fraction of sp³-hybridized carbons (Fsp3) is 1.00. The van der Waals surface area contributed by atoms with Crippen LogP contribution in [0.4, 0.5) is 0 Å². The molecule has 0 aromatic rings. The summed E-state index contributed by atoms with van der Waals surface area (Å²) < 4.78 is 0. The van der Waals surface area contributed by atoms with Crippen molar-refractivity contribution in [2.75, 3.05) is 0 Å². The monoisotopic (exact) mass is 404 g/mol. The molecule has 0 N–H and O–H groups in total. The number of hydrogen-bond acceptors (Lipinski definition) is 6. The third-order valence-electron chi connectivity index (χ3n) is 0.375. The Hall–Kier alpha value is 2.46. The summed E-state index contributed by atoms with van der Waals surface area (Å²) in [4.78, 5) is 0. The van der Waals surface area contributed by atoms with Crippen LogP contribution in [-0.2, 0) is 0 Å². The average Bonchev–Trinajstić information content (AvgIpc) is 1.25. The zero-order valence-electron chi connectivity index (χ0n) is 4.45. The average molecular weight is 408 g/mol. The minimum Gasteiger partial charge on any atom is -0.879 e. The molecule has 0 amide bonds. The summed E-state index contributed by atoms with van der Waals surface area (Å²) in [7, 11) is 0. The Morgan fingerprint density at radius 1 is 0.500 bits per heavy atom. The summed E-state index contributed by atoms with van der Waals surface area (Å²) in [5.41, 5.74) is 0. The van der Waals surface area contributed by atoms with Crippen molar-refractivity contribution in [1.29, 1.82) is 0 Å². The predicted octanol–water partition coefficient (Wildman–Crippen LogP) is -7.54. The Bertz CT molecular complexity index is 68.7. The first-order valence-electron chi connectivity index (χ1n) is 1.47. The van der Waals surface area contributed by atoms with E-state index in [4.69, 9.17) is 30.6 Å². The quantitative estimate of drug-likeness (QED) is 0.395. The van der Waals surface area contributed by atoms with Crippen LogP contribution in [0.25, 0.3) is 0 Å². The molecule has 6 nitrogen and oxygen atoms in total. The van der Waals surface area contributed by atoms with Gasteiger partial charge in [0.1, 0.15) is 0 Å². The van der Waals surface area contributed by atoms with Crippen LogP contribution in [0.3, 0.4) is 0 Å². The maximum absolute atomic E-state index is 9.08. The van der Waals surface area contributed by atoms with Gasteiger partial charge in [0.25, 0.3) is 0 Å². The van der Waals surface area contributed by atoms with Crippen molar-refractivity contribution in [3.63, 3.8) is 0 Å². The molecule has 0 rings (SSSR count). The molecular formula is C2Nd2O6. The molecule has 52 valence electrons. The summed E-state index contributed by atoms with van der Waals surface area (Å²) in [5.74, 6) is -9.96. The first-order chi connectivity index (χ1) is 3.25. The van der Waals surface area contributed by atoms with Gasteiger partial charge in [-0.1, -0.05) is 0 Å². The molecule has 10 heavy (non-hydrogen) atoms. The van der Waals surface area contributed by atoms with Crippen LogP contribution in [0.15, 0.2) is 0 Å². The van der Waals surface area contributed by atoms with Gasteiger partial charge in [0.2, 0.25) is 0 Å². The van der Waals surface area contributed by atoms with Gasteiger partial charge in [-0.2, -0.15) is 0 Å². The molecular weight excluding hydrogens is 408 g/mol. The SMILES string of the molecule is [Nd+3].[Nd+3].[O-]C([O-])([O-])C([O-])([O-])[O-]. The molecule has 2 radical (unpaired) electrons. The van der Waals surface area contributed by atoms with E-state index in [2.05, 4.69) is 0 Å². The van der Waals surface area contributed by atoms with Crippen molar-refractivity contribution in [3.05, 3.63) is 0 Å². The van der Waals surface area contributed by atoms with Crippen LogP contribution in [0.1, 0.15) is 0 Å². The maximum atomic E-state index is 9.08. The van der Waals surface area contributed by atoms with Gasteiger partial charge in [-0.05, 0) is 0 Å². The molecule has 0 aromatic carbocycles. The smallest absolute Gasteiger partial charge is 0.879 e. The summed E-state index contributed by atoms with van der Waals surface area (Å²) in [6.07, 6.45) is 0. The second kappa shape index (κ2) is 6.00. The van der Waals surface area contributed by atoms with Crippen LogP contribution < -0.4 is 30.6 Å². The Morgan fingerprint density at radius 2 is 0.600 bits per heavy atom. The molecule has 0 saturated carbocycles. The molecule has 0 aliphatic rings. The number of rotatable bonds is 1. The zero-order chi connectivity index (χ0) is 7.00. The molecule has 0 atom stereocenters. The molecule has 0 fully saturated rings. The van der Waals surface area contributed by atoms with Crippen molar-refractivity contribution in [3.8, 4) is 0 Å². The van der Waals surface area contributed by atoms with Crippen LogP contribution in [0.5, 0.6) is 0 Å². The Balaban J connectivity index is -0.000000245. The van der Waals surface area contributed by atoms with E-state index in [0.29, 0.717) is 0 Å². The summed E-state index contributed by atoms with van der Waals surface area (Å²) in [6, 6.07) is 0. The Morgan fingerprint density at radius 3 is 0.600 bits per heavy atom. The van der Waals surface area contributed by atoms with Crippen molar-refractivity contribution in [2.45, 2.75) is 11.9 Å². The molecule has 0 aromatic heterocycles. The predicted molar refractivity (Wildman–Crippen MR) is 5.46 cm³/mol. The van der Waals surface area contributed by atoms with E-state index in [0.717, 1.165) is 0 Å². The fourth-order valence-electron chi connectivity index (χ4n) is 0. The summed E-state index contributed by atoms with van der Waals surface area (Å²) >= 11 is 0. The Labute approximate surface area is 122 Å². The number of hydrogen-bond donors (Lipinski definition) is 0.